The zero-order valence-electron chi connectivity index (χ0n) is 11.2. The van der Waals surface area contributed by atoms with Crippen molar-refractivity contribution < 1.29 is 9.26 Å². The summed E-state index contributed by atoms with van der Waals surface area (Å²) in [6.07, 6.45) is 4.10. The molecule has 1 saturated heterocycles. The van der Waals surface area contributed by atoms with Gasteiger partial charge in [0, 0.05) is 32.8 Å². The Morgan fingerprint density at radius 3 is 3.00 bits per heavy atom. The third-order valence-electron chi connectivity index (χ3n) is 3.25. The molecule has 2 heterocycles. The van der Waals surface area contributed by atoms with Crippen LogP contribution in [-0.4, -0.2) is 43.3 Å². The Morgan fingerprint density at radius 1 is 1.39 bits per heavy atom. The molecule has 0 saturated carbocycles. The molecule has 0 atom stereocenters. The summed E-state index contributed by atoms with van der Waals surface area (Å²) < 4.78 is 10.1. The summed E-state index contributed by atoms with van der Waals surface area (Å²) >= 11 is 0. The lowest BCUT2D eigenvalue weighted by Gasteiger charge is -2.26. The van der Waals surface area contributed by atoms with Crippen LogP contribution in [0.1, 0.15) is 30.7 Å². The molecule has 1 aliphatic heterocycles. The first-order valence-electron chi connectivity index (χ1n) is 6.75. The van der Waals surface area contributed by atoms with Crippen LogP contribution in [-0.2, 0) is 17.9 Å². The van der Waals surface area contributed by atoms with Gasteiger partial charge in [-0.2, -0.15) is 0 Å². The lowest BCUT2D eigenvalue weighted by atomic mass is 10.1. The topological polar surface area (TPSA) is 50.5 Å². The van der Waals surface area contributed by atoms with E-state index in [9.17, 15) is 0 Å². The molecule has 18 heavy (non-hydrogen) atoms. The molecule has 1 fully saturated rings. The molecular formula is C13H23N3O2. The predicted molar refractivity (Wildman–Crippen MR) is 69.2 cm³/mol. The van der Waals surface area contributed by atoms with Crippen molar-refractivity contribution in [1.82, 2.24) is 15.4 Å². The maximum Gasteiger partial charge on any atom is 0.162 e. The van der Waals surface area contributed by atoms with Crippen LogP contribution in [0, 0.1) is 0 Å². The molecule has 0 bridgehead atoms. The molecule has 0 spiro atoms. The Hall–Kier alpha value is -0.910. The average molecular weight is 253 g/mol. The predicted octanol–water partition coefficient (Wildman–Crippen LogP) is 1.40. The zero-order valence-corrected chi connectivity index (χ0v) is 11.2. The van der Waals surface area contributed by atoms with Gasteiger partial charge in [-0.15, -0.1) is 0 Å². The van der Waals surface area contributed by atoms with Crippen molar-refractivity contribution in [3.05, 3.63) is 17.5 Å². The van der Waals surface area contributed by atoms with Crippen LogP contribution < -0.4 is 5.32 Å². The zero-order chi connectivity index (χ0) is 12.6. The molecule has 0 aromatic carbocycles. The fourth-order valence-electron chi connectivity index (χ4n) is 2.29. The first-order valence-corrected chi connectivity index (χ1v) is 6.75. The number of hydrogen-bond acceptors (Lipinski definition) is 5. The van der Waals surface area contributed by atoms with E-state index in [1.807, 2.05) is 6.07 Å². The van der Waals surface area contributed by atoms with Crippen LogP contribution in [0.25, 0.3) is 0 Å². The van der Waals surface area contributed by atoms with Gasteiger partial charge in [-0.1, -0.05) is 11.6 Å². The molecule has 0 amide bonds. The van der Waals surface area contributed by atoms with E-state index < -0.39 is 0 Å². The van der Waals surface area contributed by atoms with Gasteiger partial charge < -0.3 is 19.5 Å². The number of likely N-dealkylation sites (tertiary alicyclic amines) is 1. The monoisotopic (exact) mass is 253 g/mol. The van der Waals surface area contributed by atoms with Crippen LogP contribution in [0.3, 0.4) is 0 Å². The third-order valence-corrected chi connectivity index (χ3v) is 3.25. The maximum atomic E-state index is 5.13. The van der Waals surface area contributed by atoms with E-state index in [0.29, 0.717) is 6.61 Å². The van der Waals surface area contributed by atoms with E-state index in [2.05, 4.69) is 15.4 Å². The first kappa shape index (κ1) is 13.5. The molecule has 0 unspecified atom stereocenters. The van der Waals surface area contributed by atoms with Crippen molar-refractivity contribution in [2.45, 2.75) is 32.4 Å². The molecule has 1 aliphatic rings. The Balaban J connectivity index is 1.59. The highest BCUT2D eigenvalue weighted by atomic mass is 16.5. The summed E-state index contributed by atoms with van der Waals surface area (Å²) in [7, 11) is 1.65. The van der Waals surface area contributed by atoms with Crippen molar-refractivity contribution in [3.63, 3.8) is 0 Å². The Kier molecular flexibility index (Phi) is 5.64. The van der Waals surface area contributed by atoms with Crippen LogP contribution in [0.15, 0.2) is 10.6 Å². The van der Waals surface area contributed by atoms with Gasteiger partial charge in [-0.3, -0.25) is 0 Å². The van der Waals surface area contributed by atoms with Gasteiger partial charge in [-0.05, 0) is 25.9 Å². The minimum Gasteiger partial charge on any atom is -0.377 e. The number of hydrogen-bond donors (Lipinski definition) is 1. The van der Waals surface area contributed by atoms with Crippen molar-refractivity contribution in [2.75, 3.05) is 33.3 Å². The van der Waals surface area contributed by atoms with Gasteiger partial charge in [-0.25, -0.2) is 0 Å². The third kappa shape index (κ3) is 4.40. The highest BCUT2D eigenvalue weighted by molar-refractivity contribution is 5.04. The molecule has 1 aromatic heterocycles. The highest BCUT2D eigenvalue weighted by Gasteiger charge is 2.09. The summed E-state index contributed by atoms with van der Waals surface area (Å²) in [5.41, 5.74) is 0.945. The van der Waals surface area contributed by atoms with Gasteiger partial charge >= 0.3 is 0 Å². The molecule has 0 aliphatic carbocycles. The Labute approximate surface area is 108 Å². The number of nitrogens with zero attached hydrogens (tertiary/aromatic N) is 2. The van der Waals surface area contributed by atoms with E-state index >= 15 is 0 Å². The second-order valence-corrected chi connectivity index (χ2v) is 4.80. The molecule has 102 valence electrons. The number of nitrogens with one attached hydrogen (secondary N) is 1. The first-order chi connectivity index (χ1) is 8.88. The Morgan fingerprint density at radius 2 is 2.22 bits per heavy atom. The number of methoxy groups -OCH3 is 1. The van der Waals surface area contributed by atoms with Crippen molar-refractivity contribution in [3.8, 4) is 0 Å². The molecule has 1 N–H and O–H groups in total. The molecule has 1 aromatic rings. The van der Waals surface area contributed by atoms with Gasteiger partial charge in [0.1, 0.15) is 6.61 Å². The minimum atomic E-state index is 0.487. The summed E-state index contributed by atoms with van der Waals surface area (Å²) in [5, 5.41) is 7.39. The lowest BCUT2D eigenvalue weighted by Crippen LogP contribution is -2.35. The molecule has 5 nitrogen and oxygen atoms in total. The second kappa shape index (κ2) is 7.51. The normalized spacial score (nSPS) is 17.2. The largest absolute Gasteiger partial charge is 0.377 e. The maximum absolute atomic E-state index is 5.13. The van der Waals surface area contributed by atoms with Gasteiger partial charge in [0.25, 0.3) is 0 Å². The number of rotatable bonds is 7. The van der Waals surface area contributed by atoms with E-state index in [0.717, 1.165) is 31.1 Å². The van der Waals surface area contributed by atoms with Gasteiger partial charge in [0.05, 0.1) is 5.69 Å². The minimum absolute atomic E-state index is 0.487. The number of ether oxygens (including phenoxy) is 1. The van der Waals surface area contributed by atoms with Crippen LogP contribution in [0.2, 0.25) is 0 Å². The van der Waals surface area contributed by atoms with E-state index in [-0.39, 0.29) is 0 Å². The smallest absolute Gasteiger partial charge is 0.162 e. The second-order valence-electron chi connectivity index (χ2n) is 4.80. The van der Waals surface area contributed by atoms with Gasteiger partial charge in [0.2, 0.25) is 0 Å². The SMILES string of the molecule is COCc1cc(CNCCN2CCCCC2)no1. The Bertz CT molecular complexity index is 335. The molecule has 2 rings (SSSR count). The summed E-state index contributed by atoms with van der Waals surface area (Å²) in [6.45, 7) is 5.89. The van der Waals surface area contributed by atoms with Crippen LogP contribution in [0.4, 0.5) is 0 Å². The van der Waals surface area contributed by atoms with E-state index in [1.54, 1.807) is 7.11 Å². The standard InChI is InChI=1S/C13H23N3O2/c1-17-11-13-9-12(15-18-13)10-14-5-8-16-6-3-2-4-7-16/h9,14H,2-8,10-11H2,1H3. The van der Waals surface area contributed by atoms with E-state index in [1.165, 1.54) is 32.4 Å². The summed E-state index contributed by atoms with van der Waals surface area (Å²) in [4.78, 5) is 2.52. The van der Waals surface area contributed by atoms with Crippen molar-refractivity contribution in [2.24, 2.45) is 0 Å². The number of piperidine rings is 1. The fraction of sp³-hybridized carbons (Fsp3) is 0.769. The van der Waals surface area contributed by atoms with Crippen LogP contribution >= 0.6 is 0 Å². The number of aromatic nitrogens is 1. The van der Waals surface area contributed by atoms with Crippen molar-refractivity contribution in [1.29, 1.82) is 0 Å². The molecule has 5 heteroatoms. The quantitative estimate of drug-likeness (QED) is 0.744. The summed E-state index contributed by atoms with van der Waals surface area (Å²) in [5.74, 6) is 0.783. The van der Waals surface area contributed by atoms with Crippen molar-refractivity contribution >= 4 is 0 Å². The van der Waals surface area contributed by atoms with E-state index in [4.69, 9.17) is 9.26 Å². The van der Waals surface area contributed by atoms with Gasteiger partial charge in [0.15, 0.2) is 5.76 Å². The average Bonchev–Trinajstić information content (AvgIpc) is 2.84. The lowest BCUT2D eigenvalue weighted by molar-refractivity contribution is 0.155. The highest BCUT2D eigenvalue weighted by Crippen LogP contribution is 2.07. The summed E-state index contributed by atoms with van der Waals surface area (Å²) in [6, 6.07) is 1.94. The van der Waals surface area contributed by atoms with Crippen LogP contribution in [0.5, 0.6) is 0 Å². The fourth-order valence-corrected chi connectivity index (χ4v) is 2.29. The molecule has 0 radical (unpaired) electrons. The molecular weight excluding hydrogens is 230 g/mol.